The maximum absolute atomic E-state index is 12.1. The summed E-state index contributed by atoms with van der Waals surface area (Å²) in [6, 6.07) is 7.96. The fraction of sp³-hybridized carbons (Fsp3) is 0.0769. The van der Waals surface area contributed by atoms with Crippen LogP contribution in [0.15, 0.2) is 30.3 Å². The first kappa shape index (κ1) is 14.1. The molecule has 0 aliphatic carbocycles. The predicted octanol–water partition coefficient (Wildman–Crippen LogP) is 4.60. The SMILES string of the molecule is Cc1cc(C(=O)Nc2cc(Cl)cc(Cl)c2)cc(Cl)n1. The number of amides is 1. The molecular weight excluding hydrogens is 307 g/mol. The van der Waals surface area contributed by atoms with Gasteiger partial charge in [0.2, 0.25) is 0 Å². The normalized spacial score (nSPS) is 10.3. The molecule has 6 heteroatoms. The van der Waals surface area contributed by atoms with Crippen molar-refractivity contribution in [3.05, 3.63) is 56.8 Å². The minimum Gasteiger partial charge on any atom is -0.322 e. The highest BCUT2D eigenvalue weighted by molar-refractivity contribution is 6.35. The molecule has 0 bridgehead atoms. The van der Waals surface area contributed by atoms with Crippen molar-refractivity contribution >= 4 is 46.4 Å². The van der Waals surface area contributed by atoms with Crippen LogP contribution in [0, 0.1) is 6.92 Å². The van der Waals surface area contributed by atoms with Crippen LogP contribution in [0.4, 0.5) is 5.69 Å². The summed E-state index contributed by atoms with van der Waals surface area (Å²) in [5.41, 5.74) is 1.61. The van der Waals surface area contributed by atoms with Crippen molar-refractivity contribution in [3.8, 4) is 0 Å². The summed E-state index contributed by atoms with van der Waals surface area (Å²) < 4.78 is 0. The topological polar surface area (TPSA) is 42.0 Å². The number of halogens is 3. The molecule has 2 aromatic rings. The van der Waals surface area contributed by atoms with Gasteiger partial charge in [-0.05, 0) is 37.3 Å². The number of carbonyl (C=O) groups excluding carboxylic acids is 1. The molecule has 1 amide bonds. The van der Waals surface area contributed by atoms with Gasteiger partial charge in [-0.1, -0.05) is 34.8 Å². The van der Waals surface area contributed by atoms with E-state index in [1.54, 1.807) is 31.2 Å². The lowest BCUT2D eigenvalue weighted by Gasteiger charge is -2.07. The van der Waals surface area contributed by atoms with E-state index in [1.165, 1.54) is 6.07 Å². The smallest absolute Gasteiger partial charge is 0.255 e. The number of pyridine rings is 1. The molecule has 0 fully saturated rings. The Balaban J connectivity index is 2.25. The second kappa shape index (κ2) is 5.78. The number of nitrogens with one attached hydrogen (secondary N) is 1. The first-order valence-electron chi connectivity index (χ1n) is 5.36. The number of hydrogen-bond acceptors (Lipinski definition) is 2. The van der Waals surface area contributed by atoms with E-state index in [0.29, 0.717) is 27.0 Å². The Kier molecular flexibility index (Phi) is 4.30. The number of rotatable bonds is 2. The lowest BCUT2D eigenvalue weighted by molar-refractivity contribution is 0.102. The van der Waals surface area contributed by atoms with Crippen molar-refractivity contribution < 1.29 is 4.79 Å². The standard InChI is InChI=1S/C13H9Cl3N2O/c1-7-2-8(3-12(16)17-7)13(19)18-11-5-9(14)4-10(15)6-11/h2-6H,1H3,(H,18,19). The Morgan fingerprint density at radius 3 is 2.26 bits per heavy atom. The molecule has 0 radical (unpaired) electrons. The summed E-state index contributed by atoms with van der Waals surface area (Å²) in [4.78, 5) is 16.1. The van der Waals surface area contributed by atoms with Gasteiger partial charge < -0.3 is 5.32 Å². The Morgan fingerprint density at radius 2 is 1.68 bits per heavy atom. The molecule has 0 saturated heterocycles. The Bertz CT molecular complexity index is 603. The maximum atomic E-state index is 12.1. The van der Waals surface area contributed by atoms with Gasteiger partial charge in [-0.3, -0.25) is 4.79 Å². The molecule has 0 unspecified atom stereocenters. The maximum Gasteiger partial charge on any atom is 0.255 e. The first-order chi connectivity index (χ1) is 8.94. The van der Waals surface area contributed by atoms with Gasteiger partial charge in [-0.25, -0.2) is 4.98 Å². The van der Waals surface area contributed by atoms with Crippen LogP contribution in [-0.2, 0) is 0 Å². The largest absolute Gasteiger partial charge is 0.322 e. The molecule has 1 aromatic heterocycles. The van der Waals surface area contributed by atoms with Gasteiger partial charge in [-0.15, -0.1) is 0 Å². The molecule has 3 nitrogen and oxygen atoms in total. The molecule has 98 valence electrons. The zero-order chi connectivity index (χ0) is 14.0. The lowest BCUT2D eigenvalue weighted by Crippen LogP contribution is -2.12. The van der Waals surface area contributed by atoms with Crippen molar-refractivity contribution in [3.63, 3.8) is 0 Å². The molecule has 0 atom stereocenters. The number of benzene rings is 1. The second-order valence-electron chi connectivity index (χ2n) is 3.93. The van der Waals surface area contributed by atoms with Crippen LogP contribution < -0.4 is 5.32 Å². The van der Waals surface area contributed by atoms with Crippen LogP contribution in [0.3, 0.4) is 0 Å². The lowest BCUT2D eigenvalue weighted by atomic mass is 10.2. The minimum absolute atomic E-state index is 0.272. The molecular formula is C13H9Cl3N2O. The molecule has 2 rings (SSSR count). The third-order valence-corrected chi connectivity index (χ3v) is 2.93. The van der Waals surface area contributed by atoms with Crippen LogP contribution in [0.2, 0.25) is 15.2 Å². The summed E-state index contributed by atoms with van der Waals surface area (Å²) in [5.74, 6) is -0.300. The number of aryl methyl sites for hydroxylation is 1. The van der Waals surface area contributed by atoms with Gasteiger partial charge >= 0.3 is 0 Å². The van der Waals surface area contributed by atoms with E-state index >= 15 is 0 Å². The van der Waals surface area contributed by atoms with Crippen molar-refractivity contribution in [2.24, 2.45) is 0 Å². The monoisotopic (exact) mass is 314 g/mol. The average Bonchev–Trinajstić information content (AvgIpc) is 2.25. The number of aromatic nitrogens is 1. The zero-order valence-electron chi connectivity index (χ0n) is 9.88. The molecule has 1 heterocycles. The van der Waals surface area contributed by atoms with E-state index in [0.717, 1.165) is 0 Å². The summed E-state index contributed by atoms with van der Waals surface area (Å²) in [5, 5.41) is 3.87. The summed E-state index contributed by atoms with van der Waals surface area (Å²) >= 11 is 17.5. The second-order valence-corrected chi connectivity index (χ2v) is 5.19. The summed E-state index contributed by atoms with van der Waals surface area (Å²) in [6.07, 6.45) is 0. The van der Waals surface area contributed by atoms with E-state index in [2.05, 4.69) is 10.3 Å². The number of hydrogen-bond donors (Lipinski definition) is 1. The highest BCUT2D eigenvalue weighted by Crippen LogP contribution is 2.23. The molecule has 0 spiro atoms. The van der Waals surface area contributed by atoms with Crippen LogP contribution in [0.1, 0.15) is 16.1 Å². The van der Waals surface area contributed by atoms with Gasteiger partial charge in [0, 0.05) is 27.0 Å². The molecule has 0 saturated carbocycles. The van der Waals surface area contributed by atoms with E-state index in [-0.39, 0.29) is 11.1 Å². The average molecular weight is 316 g/mol. The highest BCUT2D eigenvalue weighted by Gasteiger charge is 2.09. The van der Waals surface area contributed by atoms with Gasteiger partial charge in [0.05, 0.1) is 0 Å². The molecule has 1 N–H and O–H groups in total. The fourth-order valence-corrected chi connectivity index (χ4v) is 2.37. The van der Waals surface area contributed by atoms with Gasteiger partial charge in [0.25, 0.3) is 5.91 Å². The van der Waals surface area contributed by atoms with E-state index < -0.39 is 0 Å². The molecule has 0 aliphatic heterocycles. The third-order valence-electron chi connectivity index (χ3n) is 2.30. The number of anilines is 1. The first-order valence-corrected chi connectivity index (χ1v) is 6.49. The molecule has 1 aromatic carbocycles. The Hall–Kier alpha value is -1.29. The van der Waals surface area contributed by atoms with E-state index in [4.69, 9.17) is 34.8 Å². The van der Waals surface area contributed by atoms with Crippen LogP contribution in [0.25, 0.3) is 0 Å². The summed E-state index contributed by atoms with van der Waals surface area (Å²) in [6.45, 7) is 1.76. The van der Waals surface area contributed by atoms with Crippen LogP contribution >= 0.6 is 34.8 Å². The quantitative estimate of drug-likeness (QED) is 0.823. The highest BCUT2D eigenvalue weighted by atomic mass is 35.5. The molecule has 19 heavy (non-hydrogen) atoms. The van der Waals surface area contributed by atoms with E-state index in [1.807, 2.05) is 0 Å². The van der Waals surface area contributed by atoms with Gasteiger partial charge in [0.1, 0.15) is 5.15 Å². The predicted molar refractivity (Wildman–Crippen MR) is 78.4 cm³/mol. The van der Waals surface area contributed by atoms with Gasteiger partial charge in [0.15, 0.2) is 0 Å². The van der Waals surface area contributed by atoms with Crippen LogP contribution in [-0.4, -0.2) is 10.9 Å². The third kappa shape index (κ3) is 3.83. The molecule has 0 aliphatic rings. The van der Waals surface area contributed by atoms with Crippen molar-refractivity contribution in [2.45, 2.75) is 6.92 Å². The van der Waals surface area contributed by atoms with Gasteiger partial charge in [-0.2, -0.15) is 0 Å². The van der Waals surface area contributed by atoms with Crippen molar-refractivity contribution in [2.75, 3.05) is 5.32 Å². The number of nitrogens with zero attached hydrogens (tertiary/aromatic N) is 1. The fourth-order valence-electron chi connectivity index (χ4n) is 1.59. The zero-order valence-corrected chi connectivity index (χ0v) is 12.1. The number of carbonyl (C=O) groups is 1. The van der Waals surface area contributed by atoms with Crippen LogP contribution in [0.5, 0.6) is 0 Å². The summed E-state index contributed by atoms with van der Waals surface area (Å²) in [7, 11) is 0. The van der Waals surface area contributed by atoms with Crippen molar-refractivity contribution in [1.82, 2.24) is 4.98 Å². The Labute approximate surface area is 125 Å². The van der Waals surface area contributed by atoms with Crippen molar-refractivity contribution in [1.29, 1.82) is 0 Å². The van der Waals surface area contributed by atoms with E-state index in [9.17, 15) is 4.79 Å². The Morgan fingerprint density at radius 1 is 1.05 bits per heavy atom. The minimum atomic E-state index is -0.300.